The van der Waals surface area contributed by atoms with Crippen molar-refractivity contribution >= 4 is 0 Å². The molecule has 0 fully saturated rings. The van der Waals surface area contributed by atoms with E-state index >= 15 is 0 Å². The molecule has 0 radical (unpaired) electrons. The Balaban J connectivity index is 2.65. The maximum atomic E-state index is 9.64. The van der Waals surface area contributed by atoms with Gasteiger partial charge in [0.05, 0.1) is 6.10 Å². The van der Waals surface area contributed by atoms with Crippen LogP contribution in [0.1, 0.15) is 40.5 Å². The Morgan fingerprint density at radius 3 is 2.42 bits per heavy atom. The fraction of sp³-hybridized carbons (Fsp3) is 0.818. The highest BCUT2D eigenvalue weighted by atomic mass is 16.3. The van der Waals surface area contributed by atoms with Gasteiger partial charge in [0.15, 0.2) is 0 Å². The lowest BCUT2D eigenvalue weighted by Crippen LogP contribution is -2.28. The van der Waals surface area contributed by atoms with E-state index in [1.165, 1.54) is 0 Å². The molecule has 0 aromatic rings. The topological polar surface area (TPSA) is 20.2 Å². The van der Waals surface area contributed by atoms with Crippen molar-refractivity contribution in [2.75, 3.05) is 0 Å². The van der Waals surface area contributed by atoms with Crippen molar-refractivity contribution < 1.29 is 5.11 Å². The molecule has 2 atom stereocenters. The molecule has 1 aliphatic carbocycles. The number of rotatable bonds is 0. The summed E-state index contributed by atoms with van der Waals surface area (Å²) in [6, 6.07) is 0. The van der Waals surface area contributed by atoms with Gasteiger partial charge in [-0.05, 0) is 36.7 Å². The molecule has 0 aromatic heterocycles. The highest BCUT2D eigenvalue weighted by molar-refractivity contribution is 5.10. The van der Waals surface area contributed by atoms with Crippen LogP contribution in [0.2, 0.25) is 0 Å². The summed E-state index contributed by atoms with van der Waals surface area (Å²) in [5, 5.41) is 9.64. The molecule has 0 unspecified atom stereocenters. The third kappa shape index (κ3) is 2.10. The van der Waals surface area contributed by atoms with Gasteiger partial charge in [-0.15, -0.1) is 0 Å². The predicted octanol–water partition coefficient (Wildman–Crippen LogP) is 2.75. The zero-order valence-corrected chi connectivity index (χ0v) is 8.59. The molecule has 0 spiro atoms. The normalized spacial score (nSPS) is 31.6. The zero-order valence-electron chi connectivity index (χ0n) is 8.59. The van der Waals surface area contributed by atoms with E-state index in [-0.39, 0.29) is 6.10 Å². The standard InChI is InChI=1S/C11H20O/c1-8-5-6-9(7-10(8)12)11(2,3)4/h5,9-10,12H,6-7H2,1-4H3/t9-,10-/m1/s1. The molecule has 0 bridgehead atoms. The first-order valence-electron chi connectivity index (χ1n) is 4.76. The van der Waals surface area contributed by atoms with Gasteiger partial charge in [-0.3, -0.25) is 0 Å². The summed E-state index contributed by atoms with van der Waals surface area (Å²) in [6.07, 6.45) is 4.06. The number of aliphatic hydroxyl groups is 1. The van der Waals surface area contributed by atoms with Gasteiger partial charge in [0.25, 0.3) is 0 Å². The van der Waals surface area contributed by atoms with Crippen molar-refractivity contribution in [3.8, 4) is 0 Å². The van der Waals surface area contributed by atoms with Crippen LogP contribution in [0.4, 0.5) is 0 Å². The minimum atomic E-state index is -0.192. The number of aliphatic hydroxyl groups excluding tert-OH is 1. The molecule has 1 rings (SSSR count). The van der Waals surface area contributed by atoms with Crippen LogP contribution in [0, 0.1) is 11.3 Å². The number of allylic oxidation sites excluding steroid dienone is 1. The lowest BCUT2D eigenvalue weighted by molar-refractivity contribution is 0.116. The largest absolute Gasteiger partial charge is 0.389 e. The highest BCUT2D eigenvalue weighted by Gasteiger charge is 2.29. The van der Waals surface area contributed by atoms with Crippen molar-refractivity contribution in [2.24, 2.45) is 11.3 Å². The maximum Gasteiger partial charge on any atom is 0.0750 e. The first-order chi connectivity index (χ1) is 5.41. The Labute approximate surface area is 75.5 Å². The van der Waals surface area contributed by atoms with Crippen LogP contribution in [0.5, 0.6) is 0 Å². The molecule has 1 nitrogen and oxygen atoms in total. The van der Waals surface area contributed by atoms with E-state index in [2.05, 4.69) is 26.8 Å². The molecule has 1 N–H and O–H groups in total. The molecule has 70 valence electrons. The molecular formula is C11H20O. The summed E-state index contributed by atoms with van der Waals surface area (Å²) in [6.45, 7) is 8.76. The van der Waals surface area contributed by atoms with Crippen molar-refractivity contribution in [1.82, 2.24) is 0 Å². The molecule has 0 saturated heterocycles. The Morgan fingerprint density at radius 1 is 1.42 bits per heavy atom. The lowest BCUT2D eigenvalue weighted by atomic mass is 9.72. The molecule has 0 saturated carbocycles. The van der Waals surface area contributed by atoms with Gasteiger partial charge in [0.1, 0.15) is 0 Å². The van der Waals surface area contributed by atoms with E-state index in [9.17, 15) is 5.11 Å². The molecule has 0 heterocycles. The van der Waals surface area contributed by atoms with Gasteiger partial charge >= 0.3 is 0 Å². The van der Waals surface area contributed by atoms with Gasteiger partial charge in [-0.25, -0.2) is 0 Å². The molecule has 12 heavy (non-hydrogen) atoms. The predicted molar refractivity (Wildman–Crippen MR) is 51.9 cm³/mol. The minimum absolute atomic E-state index is 0.192. The average molecular weight is 168 g/mol. The molecular weight excluding hydrogens is 148 g/mol. The first-order valence-corrected chi connectivity index (χ1v) is 4.76. The average Bonchev–Trinajstić information content (AvgIpc) is 1.92. The summed E-state index contributed by atoms with van der Waals surface area (Å²) < 4.78 is 0. The van der Waals surface area contributed by atoms with Crippen LogP contribution >= 0.6 is 0 Å². The van der Waals surface area contributed by atoms with Crippen molar-refractivity contribution in [3.63, 3.8) is 0 Å². The van der Waals surface area contributed by atoms with E-state index in [4.69, 9.17) is 0 Å². The smallest absolute Gasteiger partial charge is 0.0750 e. The molecule has 1 heteroatoms. The van der Waals surface area contributed by atoms with Crippen LogP contribution < -0.4 is 0 Å². The van der Waals surface area contributed by atoms with Gasteiger partial charge in [0.2, 0.25) is 0 Å². The minimum Gasteiger partial charge on any atom is -0.389 e. The van der Waals surface area contributed by atoms with Crippen molar-refractivity contribution in [1.29, 1.82) is 0 Å². The quantitative estimate of drug-likeness (QED) is 0.551. The van der Waals surface area contributed by atoms with E-state index in [1.54, 1.807) is 0 Å². The molecule has 0 amide bonds. The van der Waals surface area contributed by atoms with E-state index in [0.29, 0.717) is 11.3 Å². The Kier molecular flexibility index (Phi) is 2.62. The SMILES string of the molecule is CC1=CC[C@@H](C(C)(C)C)C[C@H]1O. The van der Waals surface area contributed by atoms with Crippen LogP contribution in [0.25, 0.3) is 0 Å². The van der Waals surface area contributed by atoms with E-state index < -0.39 is 0 Å². The molecule has 0 aliphatic heterocycles. The summed E-state index contributed by atoms with van der Waals surface area (Å²) in [4.78, 5) is 0. The second-order valence-electron chi connectivity index (χ2n) is 5.00. The Morgan fingerprint density at radius 2 is 2.00 bits per heavy atom. The first kappa shape index (κ1) is 9.79. The van der Waals surface area contributed by atoms with Crippen LogP contribution in [-0.2, 0) is 0 Å². The van der Waals surface area contributed by atoms with Crippen LogP contribution in [-0.4, -0.2) is 11.2 Å². The zero-order chi connectivity index (χ0) is 9.35. The van der Waals surface area contributed by atoms with Crippen LogP contribution in [0.15, 0.2) is 11.6 Å². The van der Waals surface area contributed by atoms with Crippen molar-refractivity contribution in [2.45, 2.75) is 46.6 Å². The summed E-state index contributed by atoms with van der Waals surface area (Å²) in [5.41, 5.74) is 1.48. The van der Waals surface area contributed by atoms with Crippen LogP contribution in [0.3, 0.4) is 0 Å². The third-order valence-electron chi connectivity index (χ3n) is 2.98. The molecule has 1 aliphatic rings. The van der Waals surface area contributed by atoms with Gasteiger partial charge < -0.3 is 5.11 Å². The van der Waals surface area contributed by atoms with Crippen molar-refractivity contribution in [3.05, 3.63) is 11.6 Å². The highest BCUT2D eigenvalue weighted by Crippen LogP contribution is 2.36. The third-order valence-corrected chi connectivity index (χ3v) is 2.98. The number of hydrogen-bond donors (Lipinski definition) is 1. The summed E-state index contributed by atoms with van der Waals surface area (Å²) in [7, 11) is 0. The van der Waals surface area contributed by atoms with E-state index in [0.717, 1.165) is 18.4 Å². The number of hydrogen-bond acceptors (Lipinski definition) is 1. The fourth-order valence-electron chi connectivity index (χ4n) is 1.72. The van der Waals surface area contributed by atoms with Gasteiger partial charge in [-0.1, -0.05) is 26.8 Å². The lowest BCUT2D eigenvalue weighted by Gasteiger charge is -2.35. The van der Waals surface area contributed by atoms with Gasteiger partial charge in [0, 0.05) is 0 Å². The summed E-state index contributed by atoms with van der Waals surface area (Å²) in [5.74, 6) is 0.635. The second kappa shape index (κ2) is 3.21. The maximum absolute atomic E-state index is 9.64. The van der Waals surface area contributed by atoms with Gasteiger partial charge in [-0.2, -0.15) is 0 Å². The summed E-state index contributed by atoms with van der Waals surface area (Å²) >= 11 is 0. The monoisotopic (exact) mass is 168 g/mol. The Hall–Kier alpha value is -0.300. The molecule has 0 aromatic carbocycles. The second-order valence-corrected chi connectivity index (χ2v) is 5.00. The van der Waals surface area contributed by atoms with E-state index in [1.807, 2.05) is 6.92 Å². The fourth-order valence-corrected chi connectivity index (χ4v) is 1.72. The Bertz CT molecular complexity index is 186.